The van der Waals surface area contributed by atoms with Crippen molar-refractivity contribution < 1.29 is 9.72 Å². The van der Waals surface area contributed by atoms with E-state index in [1.54, 1.807) is 17.0 Å². The highest BCUT2D eigenvalue weighted by atomic mass is 16.6. The fourth-order valence-corrected chi connectivity index (χ4v) is 2.94. The number of nitriles is 1. The smallest absolute Gasteiger partial charge is 0.292 e. The second-order valence-electron chi connectivity index (χ2n) is 5.78. The zero-order chi connectivity index (χ0) is 18.5. The number of para-hydroxylation sites is 3. The quantitative estimate of drug-likeness (QED) is 0.395. The van der Waals surface area contributed by atoms with Crippen molar-refractivity contribution in [1.29, 1.82) is 5.26 Å². The summed E-state index contributed by atoms with van der Waals surface area (Å²) in [6.07, 6.45) is 2.93. The van der Waals surface area contributed by atoms with E-state index in [0.29, 0.717) is 6.54 Å². The number of nitro groups is 1. The molecular formula is C19H16N4O3. The van der Waals surface area contributed by atoms with Gasteiger partial charge in [0, 0.05) is 24.5 Å². The summed E-state index contributed by atoms with van der Waals surface area (Å²) in [6.45, 7) is 0.528. The molecule has 0 aliphatic carbocycles. The number of nitrogens with one attached hydrogen (secondary N) is 1. The molecule has 0 spiro atoms. The van der Waals surface area contributed by atoms with Crippen molar-refractivity contribution in [2.24, 2.45) is 0 Å². The number of nitro benzene ring substituents is 1. The van der Waals surface area contributed by atoms with Crippen molar-refractivity contribution in [3.05, 3.63) is 76.0 Å². The Balaban J connectivity index is 1.86. The zero-order valence-corrected chi connectivity index (χ0v) is 13.9. The molecule has 7 nitrogen and oxygen atoms in total. The number of amides is 1. The number of nitrogens with zero attached hydrogens (tertiary/aromatic N) is 3. The number of carbonyl (C=O) groups is 1. The zero-order valence-electron chi connectivity index (χ0n) is 13.9. The highest BCUT2D eigenvalue weighted by Crippen LogP contribution is 2.28. The Morgan fingerprint density at radius 2 is 1.96 bits per heavy atom. The molecule has 0 saturated carbocycles. The average Bonchev–Trinajstić information content (AvgIpc) is 2.68. The van der Waals surface area contributed by atoms with Crippen LogP contribution in [0.5, 0.6) is 0 Å². The van der Waals surface area contributed by atoms with Gasteiger partial charge in [0.1, 0.15) is 17.3 Å². The van der Waals surface area contributed by atoms with Crippen LogP contribution in [0, 0.1) is 21.4 Å². The predicted molar refractivity (Wildman–Crippen MR) is 97.5 cm³/mol. The number of benzene rings is 2. The Morgan fingerprint density at radius 1 is 1.23 bits per heavy atom. The van der Waals surface area contributed by atoms with E-state index in [1.165, 1.54) is 18.3 Å². The molecule has 0 fully saturated rings. The van der Waals surface area contributed by atoms with Crippen molar-refractivity contribution in [1.82, 2.24) is 0 Å². The van der Waals surface area contributed by atoms with E-state index in [-0.39, 0.29) is 16.9 Å². The van der Waals surface area contributed by atoms with Gasteiger partial charge in [0.05, 0.1) is 4.92 Å². The molecule has 2 aromatic rings. The first-order valence-corrected chi connectivity index (χ1v) is 8.12. The topological polar surface area (TPSA) is 99.3 Å². The highest BCUT2D eigenvalue weighted by molar-refractivity contribution is 6.09. The fourth-order valence-electron chi connectivity index (χ4n) is 2.94. The molecule has 7 heteroatoms. The molecule has 0 bridgehead atoms. The van der Waals surface area contributed by atoms with E-state index in [2.05, 4.69) is 5.32 Å². The van der Waals surface area contributed by atoms with Crippen molar-refractivity contribution in [3.8, 4) is 6.07 Å². The molecule has 1 aliphatic heterocycles. The first-order chi connectivity index (χ1) is 12.6. The summed E-state index contributed by atoms with van der Waals surface area (Å²) in [7, 11) is 0. The Bertz CT molecular complexity index is 930. The maximum Gasteiger partial charge on any atom is 0.292 e. The number of hydrogen-bond donors (Lipinski definition) is 1. The SMILES string of the molecule is N#C/C(=C/Nc1ccccc1[N+](=O)[O-])C(=O)N1CCCc2ccccc21. The Labute approximate surface area is 150 Å². The van der Waals surface area contributed by atoms with E-state index in [1.807, 2.05) is 30.3 Å². The van der Waals surface area contributed by atoms with Crippen LogP contribution in [-0.4, -0.2) is 17.4 Å². The summed E-state index contributed by atoms with van der Waals surface area (Å²) in [5.41, 5.74) is 1.85. The minimum absolute atomic E-state index is 0.111. The number of hydrogen-bond acceptors (Lipinski definition) is 5. The van der Waals surface area contributed by atoms with Gasteiger partial charge in [0.15, 0.2) is 0 Å². The fraction of sp³-hybridized carbons (Fsp3) is 0.158. The van der Waals surface area contributed by atoms with E-state index in [4.69, 9.17) is 0 Å². The minimum atomic E-state index is -0.523. The van der Waals surface area contributed by atoms with Crippen molar-refractivity contribution >= 4 is 23.0 Å². The number of anilines is 2. The molecule has 2 aromatic carbocycles. The van der Waals surface area contributed by atoms with Gasteiger partial charge in [-0.2, -0.15) is 5.26 Å². The van der Waals surface area contributed by atoms with Crippen LogP contribution in [0.15, 0.2) is 60.3 Å². The van der Waals surface area contributed by atoms with Crippen LogP contribution in [-0.2, 0) is 11.2 Å². The van der Waals surface area contributed by atoms with Gasteiger partial charge in [-0.25, -0.2) is 0 Å². The number of carbonyl (C=O) groups excluding carboxylic acids is 1. The molecule has 0 radical (unpaired) electrons. The lowest BCUT2D eigenvalue weighted by Crippen LogP contribution is -2.36. The number of rotatable bonds is 4. The van der Waals surface area contributed by atoms with Gasteiger partial charge in [-0.15, -0.1) is 0 Å². The molecule has 0 saturated heterocycles. The molecule has 3 rings (SSSR count). The van der Waals surface area contributed by atoms with Crippen LogP contribution in [0.1, 0.15) is 12.0 Å². The largest absolute Gasteiger partial charge is 0.355 e. The lowest BCUT2D eigenvalue weighted by atomic mass is 10.0. The highest BCUT2D eigenvalue weighted by Gasteiger charge is 2.25. The van der Waals surface area contributed by atoms with Gasteiger partial charge in [0.2, 0.25) is 0 Å². The van der Waals surface area contributed by atoms with Crippen LogP contribution in [0.25, 0.3) is 0 Å². The third-order valence-electron chi connectivity index (χ3n) is 4.18. The molecular weight excluding hydrogens is 332 g/mol. The van der Waals surface area contributed by atoms with Crippen LogP contribution >= 0.6 is 0 Å². The maximum atomic E-state index is 12.8. The average molecular weight is 348 g/mol. The third-order valence-corrected chi connectivity index (χ3v) is 4.18. The molecule has 1 N–H and O–H groups in total. The van der Waals surface area contributed by atoms with Gasteiger partial charge in [-0.1, -0.05) is 30.3 Å². The molecule has 0 atom stereocenters. The first-order valence-electron chi connectivity index (χ1n) is 8.12. The van der Waals surface area contributed by atoms with Gasteiger partial charge in [0.25, 0.3) is 11.6 Å². The lowest BCUT2D eigenvalue weighted by molar-refractivity contribution is -0.383. The summed E-state index contributed by atoms with van der Waals surface area (Å²) in [4.78, 5) is 24.9. The van der Waals surface area contributed by atoms with Crippen molar-refractivity contribution in [2.75, 3.05) is 16.8 Å². The summed E-state index contributed by atoms with van der Waals surface area (Å²) >= 11 is 0. The molecule has 26 heavy (non-hydrogen) atoms. The standard InChI is InChI=1S/C19H16N4O3/c20-12-15(13-21-16-8-2-4-10-18(16)23(25)26)19(24)22-11-5-7-14-6-1-3-9-17(14)22/h1-4,6,8-10,13,21H,5,7,11H2/b15-13-. The molecule has 1 aliphatic rings. The van der Waals surface area contributed by atoms with Crippen LogP contribution < -0.4 is 10.2 Å². The Kier molecular flexibility index (Phi) is 4.94. The van der Waals surface area contributed by atoms with E-state index in [9.17, 15) is 20.2 Å². The molecule has 1 amide bonds. The number of fused-ring (bicyclic) bond motifs is 1. The molecule has 0 aromatic heterocycles. The van der Waals surface area contributed by atoms with Crippen molar-refractivity contribution in [3.63, 3.8) is 0 Å². The molecule has 130 valence electrons. The van der Waals surface area contributed by atoms with Crippen LogP contribution in [0.4, 0.5) is 17.1 Å². The van der Waals surface area contributed by atoms with E-state index >= 15 is 0 Å². The lowest BCUT2D eigenvalue weighted by Gasteiger charge is -2.29. The summed E-state index contributed by atoms with van der Waals surface area (Å²) in [5, 5.41) is 23.2. The Hall–Kier alpha value is -3.66. The number of aryl methyl sites for hydroxylation is 1. The predicted octanol–water partition coefficient (Wildman–Crippen LogP) is 3.39. The second kappa shape index (κ2) is 7.49. The third kappa shape index (κ3) is 3.39. The molecule has 0 unspecified atom stereocenters. The normalized spacial score (nSPS) is 13.5. The summed E-state index contributed by atoms with van der Waals surface area (Å²) < 4.78 is 0. The second-order valence-corrected chi connectivity index (χ2v) is 5.78. The van der Waals surface area contributed by atoms with Gasteiger partial charge < -0.3 is 10.2 Å². The van der Waals surface area contributed by atoms with Gasteiger partial charge in [-0.05, 0) is 30.5 Å². The maximum absolute atomic E-state index is 12.8. The first kappa shape index (κ1) is 17.2. The van der Waals surface area contributed by atoms with E-state index < -0.39 is 10.8 Å². The van der Waals surface area contributed by atoms with E-state index in [0.717, 1.165) is 24.1 Å². The monoisotopic (exact) mass is 348 g/mol. The Morgan fingerprint density at radius 3 is 2.73 bits per heavy atom. The summed E-state index contributed by atoms with van der Waals surface area (Å²) in [6, 6.07) is 15.5. The van der Waals surface area contributed by atoms with Gasteiger partial charge >= 0.3 is 0 Å². The van der Waals surface area contributed by atoms with Crippen LogP contribution in [0.3, 0.4) is 0 Å². The van der Waals surface area contributed by atoms with Crippen molar-refractivity contribution in [2.45, 2.75) is 12.8 Å². The summed E-state index contributed by atoms with van der Waals surface area (Å²) in [5.74, 6) is -0.425. The van der Waals surface area contributed by atoms with Crippen LogP contribution in [0.2, 0.25) is 0 Å². The molecule has 1 heterocycles. The van der Waals surface area contributed by atoms with Gasteiger partial charge in [-0.3, -0.25) is 14.9 Å². The minimum Gasteiger partial charge on any atom is -0.355 e.